The van der Waals surface area contributed by atoms with Gasteiger partial charge in [-0.1, -0.05) is 0 Å². The lowest BCUT2D eigenvalue weighted by atomic mass is 10.0. The van der Waals surface area contributed by atoms with Crippen LogP contribution in [-0.2, 0) is 16.6 Å². The predicted molar refractivity (Wildman–Crippen MR) is 69.4 cm³/mol. The van der Waals surface area contributed by atoms with Crippen molar-refractivity contribution in [3.63, 3.8) is 0 Å². The van der Waals surface area contributed by atoms with Gasteiger partial charge in [0, 0.05) is 19.4 Å². The molecule has 102 valence electrons. The van der Waals surface area contributed by atoms with E-state index in [1.54, 1.807) is 19.4 Å². The average molecular weight is 272 g/mol. The Labute approximate surface area is 108 Å². The topological polar surface area (TPSA) is 78.1 Å². The summed E-state index contributed by atoms with van der Waals surface area (Å²) in [6.45, 7) is 2.14. The van der Waals surface area contributed by atoms with E-state index in [4.69, 9.17) is 0 Å². The van der Waals surface area contributed by atoms with Crippen LogP contribution in [0.5, 0.6) is 0 Å². The van der Waals surface area contributed by atoms with E-state index >= 15 is 0 Å². The van der Waals surface area contributed by atoms with Gasteiger partial charge in [-0.2, -0.15) is 4.31 Å². The number of imidazole rings is 1. The van der Waals surface area contributed by atoms with Gasteiger partial charge in [0.2, 0.25) is 10.0 Å². The molecule has 6 nitrogen and oxygen atoms in total. The second kappa shape index (κ2) is 5.81. The molecule has 0 atom stereocenters. The highest BCUT2D eigenvalue weighted by Crippen LogP contribution is 2.16. The zero-order valence-corrected chi connectivity index (χ0v) is 11.4. The monoisotopic (exact) mass is 272 g/mol. The largest absolute Gasteiger partial charge is 0.347 e. The van der Waals surface area contributed by atoms with Crippen molar-refractivity contribution in [2.45, 2.75) is 19.4 Å². The minimum absolute atomic E-state index is 0.242. The lowest BCUT2D eigenvalue weighted by Gasteiger charge is -2.24. The molecule has 0 saturated carbocycles. The zero-order valence-electron chi connectivity index (χ0n) is 10.6. The fourth-order valence-corrected chi connectivity index (χ4v) is 3.67. The van der Waals surface area contributed by atoms with Crippen molar-refractivity contribution >= 4 is 10.0 Å². The molecule has 0 unspecified atom stereocenters. The molecular formula is C11H20N4O2S. The summed E-state index contributed by atoms with van der Waals surface area (Å²) in [7, 11) is -1.58. The molecule has 0 radical (unpaired) electrons. The summed E-state index contributed by atoms with van der Waals surface area (Å²) in [5.74, 6) is 1.19. The third-order valence-corrected chi connectivity index (χ3v) is 5.28. The van der Waals surface area contributed by atoms with Crippen LogP contribution in [0.25, 0.3) is 0 Å². The summed E-state index contributed by atoms with van der Waals surface area (Å²) in [5, 5.41) is 3.24. The number of H-pyrrole nitrogens is 1. The van der Waals surface area contributed by atoms with Crippen LogP contribution >= 0.6 is 0 Å². The molecule has 1 saturated heterocycles. The first kappa shape index (κ1) is 13.5. The molecule has 2 N–H and O–H groups in total. The standard InChI is InChI=1S/C11H20N4O2S/c1-15(8-11-13-6-7-14-11)18(16,17)9-10-2-4-12-5-3-10/h6-7,10,12H,2-5,8-9H2,1H3,(H,13,14). The smallest absolute Gasteiger partial charge is 0.214 e. The molecule has 0 spiro atoms. The zero-order chi connectivity index (χ0) is 13.0. The highest BCUT2D eigenvalue weighted by Gasteiger charge is 2.25. The van der Waals surface area contributed by atoms with E-state index in [1.165, 1.54) is 4.31 Å². The predicted octanol–water partition coefficient (Wildman–Crippen LogP) is 0.171. The first-order valence-electron chi connectivity index (χ1n) is 6.21. The number of aromatic nitrogens is 2. The Balaban J connectivity index is 1.92. The van der Waals surface area contributed by atoms with E-state index in [0.717, 1.165) is 25.9 Å². The Morgan fingerprint density at radius 2 is 2.17 bits per heavy atom. The van der Waals surface area contributed by atoms with Gasteiger partial charge in [-0.05, 0) is 31.8 Å². The number of nitrogens with zero attached hydrogens (tertiary/aromatic N) is 2. The molecule has 0 amide bonds. The highest BCUT2D eigenvalue weighted by molar-refractivity contribution is 7.89. The van der Waals surface area contributed by atoms with Crippen LogP contribution in [0, 0.1) is 5.92 Å². The maximum atomic E-state index is 12.2. The summed E-state index contributed by atoms with van der Waals surface area (Å²) in [6, 6.07) is 0. The number of aromatic amines is 1. The van der Waals surface area contributed by atoms with Gasteiger partial charge in [-0.3, -0.25) is 0 Å². The summed E-state index contributed by atoms with van der Waals surface area (Å²) in [4.78, 5) is 6.96. The van der Waals surface area contributed by atoms with Crippen LogP contribution in [0.4, 0.5) is 0 Å². The maximum Gasteiger partial charge on any atom is 0.214 e. The summed E-state index contributed by atoms with van der Waals surface area (Å²) in [6.07, 6.45) is 5.20. The Kier molecular flexibility index (Phi) is 4.36. The van der Waals surface area contributed by atoms with Crippen LogP contribution in [0.2, 0.25) is 0 Å². The Morgan fingerprint density at radius 3 is 2.78 bits per heavy atom. The SMILES string of the molecule is CN(Cc1ncc[nH]1)S(=O)(=O)CC1CCNCC1. The van der Waals surface area contributed by atoms with Gasteiger partial charge in [0.05, 0.1) is 12.3 Å². The fourth-order valence-electron chi connectivity index (χ4n) is 2.17. The van der Waals surface area contributed by atoms with Crippen molar-refractivity contribution in [3.05, 3.63) is 18.2 Å². The average Bonchev–Trinajstić information content (AvgIpc) is 2.82. The molecule has 1 aromatic rings. The maximum absolute atomic E-state index is 12.2. The van der Waals surface area contributed by atoms with Gasteiger partial charge < -0.3 is 10.3 Å². The molecule has 2 heterocycles. The quantitative estimate of drug-likeness (QED) is 0.801. The van der Waals surface area contributed by atoms with E-state index in [0.29, 0.717) is 12.4 Å². The van der Waals surface area contributed by atoms with Gasteiger partial charge in [0.25, 0.3) is 0 Å². The normalized spacial score (nSPS) is 18.3. The molecule has 18 heavy (non-hydrogen) atoms. The van der Waals surface area contributed by atoms with Gasteiger partial charge >= 0.3 is 0 Å². The molecule has 1 aromatic heterocycles. The van der Waals surface area contributed by atoms with Crippen LogP contribution in [-0.4, -0.2) is 48.6 Å². The van der Waals surface area contributed by atoms with Crippen molar-refractivity contribution in [2.75, 3.05) is 25.9 Å². The van der Waals surface area contributed by atoms with E-state index in [2.05, 4.69) is 15.3 Å². The number of hydrogen-bond donors (Lipinski definition) is 2. The second-order valence-corrected chi connectivity index (χ2v) is 6.88. The molecule has 1 aliphatic rings. The number of sulfonamides is 1. The number of piperidine rings is 1. The lowest BCUT2D eigenvalue weighted by Crippen LogP contribution is -2.36. The molecule has 0 aromatic carbocycles. The van der Waals surface area contributed by atoms with Gasteiger partial charge in [-0.15, -0.1) is 0 Å². The van der Waals surface area contributed by atoms with Crippen molar-refractivity contribution in [1.82, 2.24) is 19.6 Å². The molecule has 0 bridgehead atoms. The summed E-state index contributed by atoms with van der Waals surface area (Å²) in [5.41, 5.74) is 0. The summed E-state index contributed by atoms with van der Waals surface area (Å²) >= 11 is 0. The Hall–Kier alpha value is -0.920. The van der Waals surface area contributed by atoms with Gasteiger partial charge in [0.15, 0.2) is 0 Å². The second-order valence-electron chi connectivity index (χ2n) is 4.76. The third kappa shape index (κ3) is 3.54. The van der Waals surface area contributed by atoms with Crippen molar-refractivity contribution in [3.8, 4) is 0 Å². The van der Waals surface area contributed by atoms with Crippen molar-refractivity contribution in [1.29, 1.82) is 0 Å². The van der Waals surface area contributed by atoms with Gasteiger partial charge in [0.1, 0.15) is 5.82 Å². The number of rotatable bonds is 5. The lowest BCUT2D eigenvalue weighted by molar-refractivity contribution is 0.387. The first-order chi connectivity index (χ1) is 8.58. The molecular weight excluding hydrogens is 252 g/mol. The summed E-state index contributed by atoms with van der Waals surface area (Å²) < 4.78 is 25.8. The highest BCUT2D eigenvalue weighted by atomic mass is 32.2. The molecule has 7 heteroatoms. The first-order valence-corrected chi connectivity index (χ1v) is 7.82. The van der Waals surface area contributed by atoms with E-state index in [1.807, 2.05) is 0 Å². The van der Waals surface area contributed by atoms with Crippen molar-refractivity contribution < 1.29 is 8.42 Å². The molecule has 0 aliphatic carbocycles. The van der Waals surface area contributed by atoms with Crippen molar-refractivity contribution in [2.24, 2.45) is 5.92 Å². The van der Waals surface area contributed by atoms with Crippen LogP contribution < -0.4 is 5.32 Å². The Bertz CT molecular complexity index is 451. The Morgan fingerprint density at radius 1 is 1.44 bits per heavy atom. The molecule has 1 fully saturated rings. The fraction of sp³-hybridized carbons (Fsp3) is 0.727. The van der Waals surface area contributed by atoms with Crippen LogP contribution in [0.1, 0.15) is 18.7 Å². The third-order valence-electron chi connectivity index (χ3n) is 3.31. The number of hydrogen-bond acceptors (Lipinski definition) is 4. The van der Waals surface area contributed by atoms with E-state index in [9.17, 15) is 8.42 Å². The molecule has 1 aliphatic heterocycles. The minimum Gasteiger partial charge on any atom is -0.347 e. The van der Waals surface area contributed by atoms with E-state index < -0.39 is 10.0 Å². The van der Waals surface area contributed by atoms with Gasteiger partial charge in [-0.25, -0.2) is 13.4 Å². The molecule has 2 rings (SSSR count). The number of nitrogens with one attached hydrogen (secondary N) is 2. The van der Waals surface area contributed by atoms with Crippen LogP contribution in [0.3, 0.4) is 0 Å². The van der Waals surface area contributed by atoms with E-state index in [-0.39, 0.29) is 11.7 Å². The van der Waals surface area contributed by atoms with Crippen LogP contribution in [0.15, 0.2) is 12.4 Å². The minimum atomic E-state index is -3.19.